The SMILES string of the molecule is CCOCCn1ccc(CNC(C)C)c1. The summed E-state index contributed by atoms with van der Waals surface area (Å²) in [6.45, 7) is 9.81. The van der Waals surface area contributed by atoms with Gasteiger partial charge in [-0.1, -0.05) is 13.8 Å². The highest BCUT2D eigenvalue weighted by atomic mass is 16.5. The molecule has 3 nitrogen and oxygen atoms in total. The fraction of sp³-hybridized carbons (Fsp3) is 0.667. The van der Waals surface area contributed by atoms with Gasteiger partial charge in [0.15, 0.2) is 0 Å². The molecule has 0 aliphatic carbocycles. The summed E-state index contributed by atoms with van der Waals surface area (Å²) in [5.41, 5.74) is 1.33. The maximum Gasteiger partial charge on any atom is 0.0645 e. The van der Waals surface area contributed by atoms with E-state index in [1.165, 1.54) is 5.56 Å². The molecule has 0 aliphatic heterocycles. The lowest BCUT2D eigenvalue weighted by atomic mass is 10.3. The van der Waals surface area contributed by atoms with Crippen LogP contribution in [0.2, 0.25) is 0 Å². The highest BCUT2D eigenvalue weighted by molar-refractivity contribution is 5.09. The minimum absolute atomic E-state index is 0.539. The van der Waals surface area contributed by atoms with Crippen LogP contribution in [0.25, 0.3) is 0 Å². The second kappa shape index (κ2) is 6.64. The van der Waals surface area contributed by atoms with Gasteiger partial charge in [-0.15, -0.1) is 0 Å². The zero-order valence-electron chi connectivity index (χ0n) is 9.99. The number of hydrogen-bond acceptors (Lipinski definition) is 2. The molecule has 0 atom stereocenters. The summed E-state index contributed by atoms with van der Waals surface area (Å²) in [5.74, 6) is 0. The van der Waals surface area contributed by atoms with Crippen LogP contribution in [0.1, 0.15) is 26.3 Å². The molecule has 0 bridgehead atoms. The van der Waals surface area contributed by atoms with Crippen LogP contribution in [0, 0.1) is 0 Å². The van der Waals surface area contributed by atoms with Gasteiger partial charge in [-0.3, -0.25) is 0 Å². The molecule has 86 valence electrons. The summed E-state index contributed by atoms with van der Waals surface area (Å²) in [4.78, 5) is 0. The molecular weight excluding hydrogens is 188 g/mol. The number of hydrogen-bond donors (Lipinski definition) is 1. The predicted molar refractivity (Wildman–Crippen MR) is 62.9 cm³/mol. The van der Waals surface area contributed by atoms with Crippen molar-refractivity contribution in [3.8, 4) is 0 Å². The van der Waals surface area contributed by atoms with Crippen molar-refractivity contribution >= 4 is 0 Å². The van der Waals surface area contributed by atoms with Gasteiger partial charge in [0, 0.05) is 38.1 Å². The van der Waals surface area contributed by atoms with Crippen LogP contribution in [0.4, 0.5) is 0 Å². The highest BCUT2D eigenvalue weighted by Crippen LogP contribution is 2.01. The van der Waals surface area contributed by atoms with Crippen molar-refractivity contribution in [3.05, 3.63) is 24.0 Å². The van der Waals surface area contributed by atoms with Gasteiger partial charge in [0.2, 0.25) is 0 Å². The molecule has 0 radical (unpaired) electrons. The van der Waals surface area contributed by atoms with Crippen molar-refractivity contribution in [2.24, 2.45) is 0 Å². The monoisotopic (exact) mass is 210 g/mol. The first-order valence-electron chi connectivity index (χ1n) is 5.68. The lowest BCUT2D eigenvalue weighted by Crippen LogP contribution is -2.21. The van der Waals surface area contributed by atoms with Crippen LogP contribution in [0.15, 0.2) is 18.5 Å². The molecule has 1 N–H and O–H groups in total. The Morgan fingerprint density at radius 2 is 2.27 bits per heavy atom. The van der Waals surface area contributed by atoms with Gasteiger partial charge < -0.3 is 14.6 Å². The molecule has 1 aromatic heterocycles. The van der Waals surface area contributed by atoms with Crippen LogP contribution >= 0.6 is 0 Å². The van der Waals surface area contributed by atoms with E-state index in [1.807, 2.05) is 6.92 Å². The van der Waals surface area contributed by atoms with Gasteiger partial charge >= 0.3 is 0 Å². The molecule has 0 unspecified atom stereocenters. The molecule has 0 spiro atoms. The second-order valence-corrected chi connectivity index (χ2v) is 3.99. The number of ether oxygens (including phenoxy) is 1. The summed E-state index contributed by atoms with van der Waals surface area (Å²) in [6.07, 6.45) is 4.28. The fourth-order valence-corrected chi connectivity index (χ4v) is 1.37. The first kappa shape index (κ1) is 12.3. The van der Waals surface area contributed by atoms with Crippen LogP contribution in [-0.2, 0) is 17.8 Å². The first-order valence-corrected chi connectivity index (χ1v) is 5.68. The van der Waals surface area contributed by atoms with Crippen molar-refractivity contribution in [1.29, 1.82) is 0 Å². The van der Waals surface area contributed by atoms with Crippen LogP contribution < -0.4 is 5.32 Å². The standard InChI is InChI=1S/C12H22N2O/c1-4-15-8-7-14-6-5-12(10-14)9-13-11(2)3/h5-6,10-11,13H,4,7-9H2,1-3H3. The molecule has 3 heteroatoms. The maximum atomic E-state index is 5.31. The molecular formula is C12H22N2O. The van der Waals surface area contributed by atoms with Crippen molar-refractivity contribution in [1.82, 2.24) is 9.88 Å². The van der Waals surface area contributed by atoms with E-state index in [0.29, 0.717) is 6.04 Å². The third-order valence-electron chi connectivity index (χ3n) is 2.22. The smallest absolute Gasteiger partial charge is 0.0645 e. The van der Waals surface area contributed by atoms with E-state index in [-0.39, 0.29) is 0 Å². The van der Waals surface area contributed by atoms with E-state index in [1.54, 1.807) is 0 Å². The maximum absolute atomic E-state index is 5.31. The summed E-state index contributed by atoms with van der Waals surface area (Å²) in [5, 5.41) is 3.40. The molecule has 0 fully saturated rings. The predicted octanol–water partition coefficient (Wildman–Crippen LogP) is 2.02. The van der Waals surface area contributed by atoms with Crippen molar-refractivity contribution in [2.75, 3.05) is 13.2 Å². The molecule has 15 heavy (non-hydrogen) atoms. The fourth-order valence-electron chi connectivity index (χ4n) is 1.37. The molecule has 0 saturated carbocycles. The minimum Gasteiger partial charge on any atom is -0.380 e. The van der Waals surface area contributed by atoms with Gasteiger partial charge in [0.05, 0.1) is 6.61 Å². The third kappa shape index (κ3) is 5.00. The molecule has 0 aromatic carbocycles. The third-order valence-corrected chi connectivity index (χ3v) is 2.22. The van der Waals surface area contributed by atoms with Gasteiger partial charge in [-0.2, -0.15) is 0 Å². The van der Waals surface area contributed by atoms with Gasteiger partial charge in [0.25, 0.3) is 0 Å². The largest absolute Gasteiger partial charge is 0.380 e. The molecule has 1 heterocycles. The lowest BCUT2D eigenvalue weighted by molar-refractivity contribution is 0.139. The molecule has 1 rings (SSSR count). The van der Waals surface area contributed by atoms with Crippen molar-refractivity contribution < 1.29 is 4.74 Å². The summed E-state index contributed by atoms with van der Waals surface area (Å²) < 4.78 is 7.48. The van der Waals surface area contributed by atoms with Crippen LogP contribution in [-0.4, -0.2) is 23.8 Å². The molecule has 0 amide bonds. The molecule has 1 aromatic rings. The average Bonchev–Trinajstić information content (AvgIpc) is 2.63. The Morgan fingerprint density at radius 3 is 2.93 bits per heavy atom. The van der Waals surface area contributed by atoms with E-state index in [9.17, 15) is 0 Å². The van der Waals surface area contributed by atoms with E-state index in [4.69, 9.17) is 4.74 Å². The van der Waals surface area contributed by atoms with Gasteiger partial charge in [-0.05, 0) is 18.6 Å². The minimum atomic E-state index is 0.539. The molecule has 0 saturated heterocycles. The Labute approximate surface area is 92.4 Å². The number of aromatic nitrogens is 1. The van der Waals surface area contributed by atoms with E-state index in [0.717, 1.165) is 26.3 Å². The summed E-state index contributed by atoms with van der Waals surface area (Å²) in [7, 11) is 0. The van der Waals surface area contributed by atoms with Crippen molar-refractivity contribution in [2.45, 2.75) is 39.9 Å². The number of nitrogens with one attached hydrogen (secondary N) is 1. The zero-order valence-corrected chi connectivity index (χ0v) is 9.99. The molecule has 0 aliphatic rings. The van der Waals surface area contributed by atoms with Crippen LogP contribution in [0.3, 0.4) is 0 Å². The van der Waals surface area contributed by atoms with E-state index < -0.39 is 0 Å². The topological polar surface area (TPSA) is 26.2 Å². The summed E-state index contributed by atoms with van der Waals surface area (Å²) in [6, 6.07) is 2.69. The van der Waals surface area contributed by atoms with Crippen LogP contribution in [0.5, 0.6) is 0 Å². The number of nitrogens with zero attached hydrogens (tertiary/aromatic N) is 1. The van der Waals surface area contributed by atoms with Crippen molar-refractivity contribution in [3.63, 3.8) is 0 Å². The lowest BCUT2D eigenvalue weighted by Gasteiger charge is -2.06. The Balaban J connectivity index is 2.29. The normalized spacial score (nSPS) is 11.2. The quantitative estimate of drug-likeness (QED) is 0.697. The summed E-state index contributed by atoms with van der Waals surface area (Å²) >= 11 is 0. The second-order valence-electron chi connectivity index (χ2n) is 3.99. The van der Waals surface area contributed by atoms with E-state index in [2.05, 4.69) is 42.2 Å². The Morgan fingerprint density at radius 1 is 1.47 bits per heavy atom. The number of rotatable bonds is 7. The first-order chi connectivity index (χ1) is 7.22. The Bertz CT molecular complexity index is 268. The van der Waals surface area contributed by atoms with Gasteiger partial charge in [0.1, 0.15) is 0 Å². The highest BCUT2D eigenvalue weighted by Gasteiger charge is 1.98. The Kier molecular flexibility index (Phi) is 5.43. The Hall–Kier alpha value is -0.800. The van der Waals surface area contributed by atoms with E-state index >= 15 is 0 Å². The zero-order chi connectivity index (χ0) is 11.1. The van der Waals surface area contributed by atoms with Gasteiger partial charge in [-0.25, -0.2) is 0 Å². The average molecular weight is 210 g/mol.